The third-order valence-electron chi connectivity index (χ3n) is 15.7. The first-order valence-electron chi connectivity index (χ1n) is 30.4. The fourth-order valence-corrected chi connectivity index (χ4v) is 12.2. The Hall–Kier alpha value is -9.50. The van der Waals surface area contributed by atoms with Crippen molar-refractivity contribution in [2.24, 2.45) is 5.92 Å². The molecule has 10 aromatic carbocycles. The van der Waals surface area contributed by atoms with Crippen LogP contribution in [0.5, 0.6) is 0 Å². The number of fused-ring (bicyclic) bond motifs is 6. The summed E-state index contributed by atoms with van der Waals surface area (Å²) in [4.78, 5) is 1.94. The number of nitrogens with zero attached hydrogens (tertiary/aromatic N) is 1. The number of furan rings is 1. The number of para-hydroxylation sites is 2. The van der Waals surface area contributed by atoms with Crippen molar-refractivity contribution in [3.8, 4) is 22.3 Å². The van der Waals surface area contributed by atoms with Gasteiger partial charge < -0.3 is 9.32 Å². The van der Waals surface area contributed by atoms with Gasteiger partial charge in [0.1, 0.15) is 11.2 Å². The Labute approximate surface area is 462 Å². The first kappa shape index (κ1) is 38.1. The van der Waals surface area contributed by atoms with Crippen LogP contribution in [0.2, 0.25) is 0 Å². The molecule has 1 aromatic heterocycles. The average molecular weight is 994 g/mol. The second kappa shape index (κ2) is 19.6. The van der Waals surface area contributed by atoms with Crippen molar-refractivity contribution < 1.29 is 15.4 Å². The third kappa shape index (κ3) is 8.22. The zero-order valence-corrected chi connectivity index (χ0v) is 42.0. The molecule has 77 heavy (non-hydrogen) atoms. The van der Waals surface area contributed by atoms with E-state index in [1.54, 1.807) is 12.1 Å². The van der Waals surface area contributed by atoms with E-state index in [-0.39, 0.29) is 58.4 Å². The number of benzene rings is 10. The van der Waals surface area contributed by atoms with Gasteiger partial charge >= 0.3 is 0 Å². The molecule has 3 aliphatic rings. The van der Waals surface area contributed by atoms with Gasteiger partial charge in [-0.3, -0.25) is 0 Å². The fraction of sp³-hybridized carbons (Fsp3) is 0.0667. The lowest BCUT2D eigenvalue weighted by molar-refractivity contribution is 0.452. The van der Waals surface area contributed by atoms with Crippen LogP contribution in [-0.2, 0) is 5.41 Å². The van der Waals surface area contributed by atoms with Crippen LogP contribution in [0.1, 0.15) is 67.8 Å². The molecule has 0 fully saturated rings. The number of anilines is 1. The number of rotatable bonds is 11. The van der Waals surface area contributed by atoms with Gasteiger partial charge in [0.25, 0.3) is 0 Å². The smallest absolute Gasteiger partial charge is 0.143 e. The van der Waals surface area contributed by atoms with Crippen molar-refractivity contribution in [3.05, 3.63) is 347 Å². The second-order valence-electron chi connectivity index (χ2n) is 20.0. The lowest BCUT2D eigenvalue weighted by atomic mass is 9.63. The van der Waals surface area contributed by atoms with Gasteiger partial charge in [-0.05, 0) is 109 Å². The molecule has 0 saturated heterocycles. The molecule has 0 saturated carbocycles. The standard InChI is InChI=1S/C75H55NO/c1-5-18-52(19-6-1)50-70(57-20-7-2-8-21-57)59-38-34-54(35-39-59)56-42-46-63(47-43-56)76(62-44-40-55(41-45-62)53-32-36-58(37-33-53)65-28-17-29-69-68-27-14-16-31-73(68)77-74(65)69)64-48-49-67-66-26-13-15-30-71(66)75(72(67)51-64,60-22-9-3-10-23-60)61-24-11-4-12-25-61/h1-46,48-51,63,67,72H,47H2/b70-50+/i32D,33D,36D,37D,40D,41D,44D,45D. The summed E-state index contributed by atoms with van der Waals surface area (Å²) < 4.78 is 84.1. The maximum atomic E-state index is 10.1. The van der Waals surface area contributed by atoms with Gasteiger partial charge in [-0.25, -0.2) is 0 Å². The molecule has 0 spiro atoms. The zero-order valence-electron chi connectivity index (χ0n) is 50.0. The van der Waals surface area contributed by atoms with E-state index in [1.165, 1.54) is 11.1 Å². The van der Waals surface area contributed by atoms with Gasteiger partial charge in [-0.15, -0.1) is 0 Å². The van der Waals surface area contributed by atoms with E-state index in [2.05, 4.69) is 176 Å². The van der Waals surface area contributed by atoms with Gasteiger partial charge in [-0.1, -0.05) is 273 Å². The molecule has 1 heterocycles. The predicted octanol–water partition coefficient (Wildman–Crippen LogP) is 18.9. The van der Waals surface area contributed by atoms with Crippen LogP contribution in [0.4, 0.5) is 5.69 Å². The van der Waals surface area contributed by atoms with Crippen molar-refractivity contribution in [1.82, 2.24) is 0 Å². The van der Waals surface area contributed by atoms with E-state index in [0.717, 1.165) is 55.3 Å². The van der Waals surface area contributed by atoms with Crippen LogP contribution in [0.25, 0.3) is 61.4 Å². The summed E-state index contributed by atoms with van der Waals surface area (Å²) in [7, 11) is 0. The van der Waals surface area contributed by atoms with Gasteiger partial charge in [0.15, 0.2) is 0 Å². The molecule has 0 aliphatic heterocycles. The Morgan fingerprint density at radius 1 is 0.519 bits per heavy atom. The minimum atomic E-state index is -0.665. The Morgan fingerprint density at radius 3 is 1.82 bits per heavy atom. The van der Waals surface area contributed by atoms with Crippen molar-refractivity contribution in [1.29, 1.82) is 0 Å². The number of hydrogen-bond acceptors (Lipinski definition) is 2. The quantitative estimate of drug-likeness (QED) is 0.120. The number of hydrogen-bond donors (Lipinski definition) is 0. The van der Waals surface area contributed by atoms with Crippen molar-refractivity contribution >= 4 is 44.8 Å². The summed E-state index contributed by atoms with van der Waals surface area (Å²) >= 11 is 0. The first-order chi connectivity index (χ1) is 41.5. The van der Waals surface area contributed by atoms with Crippen LogP contribution < -0.4 is 4.90 Å². The molecule has 14 rings (SSSR count). The van der Waals surface area contributed by atoms with Crippen LogP contribution in [0, 0.1) is 5.92 Å². The van der Waals surface area contributed by atoms with E-state index in [9.17, 15) is 11.0 Å². The summed E-state index contributed by atoms with van der Waals surface area (Å²) in [5.74, 6) is -0.257. The Balaban J connectivity index is 0.903. The minimum Gasteiger partial charge on any atom is -0.455 e. The maximum absolute atomic E-state index is 10.1. The molecule has 3 atom stereocenters. The summed E-state index contributed by atoms with van der Waals surface area (Å²) in [6.07, 6.45) is 15.6. The molecule has 2 heteroatoms. The lowest BCUT2D eigenvalue weighted by Gasteiger charge is -2.41. The van der Waals surface area contributed by atoms with Crippen molar-refractivity contribution in [2.75, 3.05) is 4.90 Å². The molecule has 366 valence electrons. The first-order valence-corrected chi connectivity index (χ1v) is 26.4. The van der Waals surface area contributed by atoms with E-state index in [0.29, 0.717) is 28.8 Å². The van der Waals surface area contributed by atoms with Crippen LogP contribution in [0.3, 0.4) is 0 Å². The average Bonchev–Trinajstić information content (AvgIpc) is 1.64. The van der Waals surface area contributed by atoms with E-state index in [1.807, 2.05) is 71.6 Å². The molecule has 0 radical (unpaired) electrons. The molecule has 0 amide bonds. The Kier molecular flexibility index (Phi) is 9.73. The highest BCUT2D eigenvalue weighted by Crippen LogP contribution is 2.60. The summed E-state index contributed by atoms with van der Waals surface area (Å²) in [5.41, 5.74) is 11.9. The Morgan fingerprint density at radius 2 is 1.12 bits per heavy atom. The molecule has 0 bridgehead atoms. The van der Waals surface area contributed by atoms with Gasteiger partial charge in [0.2, 0.25) is 0 Å². The topological polar surface area (TPSA) is 16.4 Å². The largest absolute Gasteiger partial charge is 0.455 e. The molecule has 2 nitrogen and oxygen atoms in total. The molecule has 3 aliphatic carbocycles. The molecule has 11 aromatic rings. The van der Waals surface area contributed by atoms with Gasteiger partial charge in [-0.2, -0.15) is 0 Å². The highest BCUT2D eigenvalue weighted by atomic mass is 16.3. The second-order valence-corrected chi connectivity index (χ2v) is 20.0. The Bertz CT molecular complexity index is 4510. The third-order valence-corrected chi connectivity index (χ3v) is 15.7. The number of allylic oxidation sites excluding steroid dienone is 5. The zero-order chi connectivity index (χ0) is 58.1. The molecule has 3 unspecified atom stereocenters. The van der Waals surface area contributed by atoms with E-state index >= 15 is 0 Å². The molecular formula is C75H55NO. The predicted molar refractivity (Wildman–Crippen MR) is 322 cm³/mol. The maximum Gasteiger partial charge on any atom is 0.143 e. The van der Waals surface area contributed by atoms with Crippen LogP contribution >= 0.6 is 0 Å². The summed E-state index contributed by atoms with van der Waals surface area (Å²) in [6, 6.07) is 68.1. The molecule has 0 N–H and O–H groups in total. The summed E-state index contributed by atoms with van der Waals surface area (Å²) in [5, 5.41) is 1.60. The van der Waals surface area contributed by atoms with E-state index < -0.39 is 35.6 Å². The molecular weight excluding hydrogens is 931 g/mol. The van der Waals surface area contributed by atoms with Crippen LogP contribution in [-0.4, -0.2) is 6.04 Å². The van der Waals surface area contributed by atoms with E-state index in [4.69, 9.17) is 4.42 Å². The van der Waals surface area contributed by atoms with Gasteiger partial charge in [0.05, 0.1) is 22.4 Å². The minimum absolute atomic E-state index is 0.0104. The highest BCUT2D eigenvalue weighted by Gasteiger charge is 2.53. The van der Waals surface area contributed by atoms with Gasteiger partial charge in [0, 0.05) is 39.6 Å². The van der Waals surface area contributed by atoms with Crippen molar-refractivity contribution in [2.45, 2.75) is 23.8 Å². The van der Waals surface area contributed by atoms with Crippen LogP contribution in [0.15, 0.2) is 307 Å². The lowest BCUT2D eigenvalue weighted by Crippen LogP contribution is -2.38. The highest BCUT2D eigenvalue weighted by molar-refractivity contribution is 6.09. The monoisotopic (exact) mass is 993 g/mol. The fourth-order valence-electron chi connectivity index (χ4n) is 12.2. The normalized spacial score (nSPS) is 18.9. The SMILES string of the molecule is [2H]c1c([2H])c(-c2cccc3c2oc2ccccc23)c([2H])c([2H])c1-c1c([2H])c([2H])c(N(C2=CC3C(C=C2)c2ccccc2C3(c2ccccc2)c2ccccc2)C2C=CC(c3ccc(/C(=C/c4ccccc4)c4ccccc4)cc3)=CC2)c([2H])c1[2H]. The summed E-state index contributed by atoms with van der Waals surface area (Å²) in [6.45, 7) is 0. The van der Waals surface area contributed by atoms with Crippen molar-refractivity contribution in [3.63, 3.8) is 0 Å².